The third-order valence-corrected chi connectivity index (χ3v) is 2.48. The largest absolute Gasteiger partial charge is 0.481 e. The van der Waals surface area contributed by atoms with Crippen molar-refractivity contribution in [2.45, 2.75) is 58.9 Å². The van der Waals surface area contributed by atoms with Crippen LogP contribution in [0.1, 0.15) is 52.9 Å². The van der Waals surface area contributed by atoms with Crippen molar-refractivity contribution < 1.29 is 14.7 Å². The van der Waals surface area contributed by atoms with Gasteiger partial charge in [-0.05, 0) is 26.7 Å². The first-order valence-corrected chi connectivity index (χ1v) is 6.00. The quantitative estimate of drug-likeness (QED) is 0.694. The molecule has 0 aliphatic carbocycles. The first-order chi connectivity index (χ1) is 7.49. The van der Waals surface area contributed by atoms with Crippen LogP contribution in [-0.4, -0.2) is 34.5 Å². The van der Waals surface area contributed by atoms with Crippen molar-refractivity contribution in [2.75, 3.05) is 6.54 Å². The second-order valence-electron chi connectivity index (χ2n) is 4.28. The van der Waals surface area contributed by atoms with Crippen molar-refractivity contribution in [3.05, 3.63) is 0 Å². The van der Waals surface area contributed by atoms with E-state index in [2.05, 4.69) is 6.92 Å². The Morgan fingerprint density at radius 2 is 1.81 bits per heavy atom. The fraction of sp³-hybridized carbons (Fsp3) is 0.833. The minimum absolute atomic E-state index is 0.129. The van der Waals surface area contributed by atoms with E-state index < -0.39 is 5.97 Å². The lowest BCUT2D eigenvalue weighted by Gasteiger charge is -2.26. The van der Waals surface area contributed by atoms with Crippen molar-refractivity contribution in [3.63, 3.8) is 0 Å². The molecule has 94 valence electrons. The van der Waals surface area contributed by atoms with E-state index in [1.807, 2.05) is 13.8 Å². The Labute approximate surface area is 97.6 Å². The Balaban J connectivity index is 4.05. The van der Waals surface area contributed by atoms with E-state index in [9.17, 15) is 9.59 Å². The topological polar surface area (TPSA) is 57.6 Å². The standard InChI is InChI=1S/C12H23NO3/c1-4-5-7-11(14)13(10(2)3)9-6-8-12(15)16/h10H,4-9H2,1-3H3,(H,15,16). The molecule has 0 unspecified atom stereocenters. The van der Waals surface area contributed by atoms with Gasteiger partial charge >= 0.3 is 5.97 Å². The first-order valence-electron chi connectivity index (χ1n) is 6.00. The number of aliphatic carboxylic acids is 1. The number of carboxylic acid groups (broad SMARTS) is 1. The fourth-order valence-electron chi connectivity index (χ4n) is 1.54. The van der Waals surface area contributed by atoms with Gasteiger partial charge in [0.15, 0.2) is 0 Å². The van der Waals surface area contributed by atoms with Crippen molar-refractivity contribution in [3.8, 4) is 0 Å². The van der Waals surface area contributed by atoms with Gasteiger partial charge in [-0.25, -0.2) is 0 Å². The molecule has 0 radical (unpaired) electrons. The molecule has 4 heteroatoms. The highest BCUT2D eigenvalue weighted by Gasteiger charge is 2.15. The van der Waals surface area contributed by atoms with E-state index >= 15 is 0 Å². The lowest BCUT2D eigenvalue weighted by Crippen LogP contribution is -2.37. The van der Waals surface area contributed by atoms with E-state index in [4.69, 9.17) is 5.11 Å². The third-order valence-electron chi connectivity index (χ3n) is 2.48. The van der Waals surface area contributed by atoms with Crippen LogP contribution in [0.3, 0.4) is 0 Å². The Kier molecular flexibility index (Phi) is 7.60. The molecule has 0 bridgehead atoms. The van der Waals surface area contributed by atoms with Crippen LogP contribution in [0.25, 0.3) is 0 Å². The molecule has 0 aliphatic rings. The maximum Gasteiger partial charge on any atom is 0.303 e. The minimum Gasteiger partial charge on any atom is -0.481 e. The molecule has 1 N–H and O–H groups in total. The molecule has 0 saturated heterocycles. The van der Waals surface area contributed by atoms with Crippen molar-refractivity contribution in [2.24, 2.45) is 0 Å². The molecular formula is C12H23NO3. The Bertz CT molecular complexity index is 226. The molecule has 0 heterocycles. The number of nitrogens with zero attached hydrogens (tertiary/aromatic N) is 1. The second kappa shape index (κ2) is 8.13. The summed E-state index contributed by atoms with van der Waals surface area (Å²) in [7, 11) is 0. The molecule has 1 amide bonds. The fourth-order valence-corrected chi connectivity index (χ4v) is 1.54. The Morgan fingerprint density at radius 1 is 1.19 bits per heavy atom. The molecule has 0 aliphatic heterocycles. The van der Waals surface area contributed by atoms with E-state index in [1.54, 1.807) is 4.90 Å². The van der Waals surface area contributed by atoms with Crippen LogP contribution in [0.4, 0.5) is 0 Å². The zero-order valence-corrected chi connectivity index (χ0v) is 10.5. The minimum atomic E-state index is -0.801. The molecule has 0 atom stereocenters. The van der Waals surface area contributed by atoms with Crippen molar-refractivity contribution in [1.82, 2.24) is 4.90 Å². The van der Waals surface area contributed by atoms with Gasteiger partial charge in [-0.3, -0.25) is 9.59 Å². The average molecular weight is 229 g/mol. The molecule has 0 fully saturated rings. The van der Waals surface area contributed by atoms with E-state index in [0.29, 0.717) is 19.4 Å². The summed E-state index contributed by atoms with van der Waals surface area (Å²) in [4.78, 5) is 24.0. The molecule has 0 aromatic carbocycles. The third kappa shape index (κ3) is 6.43. The van der Waals surface area contributed by atoms with E-state index in [1.165, 1.54) is 0 Å². The maximum absolute atomic E-state index is 11.8. The number of unbranched alkanes of at least 4 members (excludes halogenated alkanes) is 1. The lowest BCUT2D eigenvalue weighted by molar-refractivity contribution is -0.138. The SMILES string of the molecule is CCCCC(=O)N(CCCC(=O)O)C(C)C. The second-order valence-corrected chi connectivity index (χ2v) is 4.28. The number of rotatable bonds is 8. The van der Waals surface area contributed by atoms with Gasteiger partial charge < -0.3 is 10.0 Å². The molecule has 0 rings (SSSR count). The molecule has 0 spiro atoms. The summed E-state index contributed by atoms with van der Waals surface area (Å²) in [6.45, 7) is 6.53. The highest BCUT2D eigenvalue weighted by molar-refractivity contribution is 5.76. The molecule has 0 aromatic rings. The van der Waals surface area contributed by atoms with Gasteiger partial charge in [-0.2, -0.15) is 0 Å². The summed E-state index contributed by atoms with van der Waals surface area (Å²) in [5.74, 6) is -0.660. The number of hydrogen-bond acceptors (Lipinski definition) is 2. The molecular weight excluding hydrogens is 206 g/mol. The summed E-state index contributed by atoms with van der Waals surface area (Å²) >= 11 is 0. The van der Waals surface area contributed by atoms with Gasteiger partial charge in [0.25, 0.3) is 0 Å². The van der Waals surface area contributed by atoms with Gasteiger partial charge in [-0.15, -0.1) is 0 Å². The summed E-state index contributed by atoms with van der Waals surface area (Å²) in [5.41, 5.74) is 0. The number of carbonyl (C=O) groups is 2. The molecule has 0 saturated carbocycles. The maximum atomic E-state index is 11.8. The highest BCUT2D eigenvalue weighted by Crippen LogP contribution is 2.07. The first kappa shape index (κ1) is 14.9. The van der Waals surface area contributed by atoms with Crippen molar-refractivity contribution >= 4 is 11.9 Å². The number of hydrogen-bond donors (Lipinski definition) is 1. The number of carboxylic acids is 1. The van der Waals surface area contributed by atoms with Gasteiger partial charge in [0.1, 0.15) is 0 Å². The van der Waals surface area contributed by atoms with Crippen LogP contribution < -0.4 is 0 Å². The van der Waals surface area contributed by atoms with Crippen LogP contribution in [0, 0.1) is 0 Å². The predicted octanol–water partition coefficient (Wildman–Crippen LogP) is 2.28. The van der Waals surface area contributed by atoms with Crippen LogP contribution in [0.15, 0.2) is 0 Å². The smallest absolute Gasteiger partial charge is 0.303 e. The highest BCUT2D eigenvalue weighted by atomic mass is 16.4. The summed E-state index contributed by atoms with van der Waals surface area (Å²) < 4.78 is 0. The molecule has 0 aromatic heterocycles. The van der Waals surface area contributed by atoms with Gasteiger partial charge in [-0.1, -0.05) is 13.3 Å². The summed E-state index contributed by atoms with van der Waals surface area (Å²) in [5, 5.41) is 8.54. The predicted molar refractivity (Wildman–Crippen MR) is 63.2 cm³/mol. The Hall–Kier alpha value is -1.06. The van der Waals surface area contributed by atoms with Crippen LogP contribution in [0.5, 0.6) is 0 Å². The number of amides is 1. The zero-order chi connectivity index (χ0) is 12.6. The Morgan fingerprint density at radius 3 is 2.25 bits per heavy atom. The van der Waals surface area contributed by atoms with Crippen LogP contribution >= 0.6 is 0 Å². The van der Waals surface area contributed by atoms with E-state index in [-0.39, 0.29) is 18.4 Å². The van der Waals surface area contributed by atoms with Crippen LogP contribution in [0.2, 0.25) is 0 Å². The number of carbonyl (C=O) groups excluding carboxylic acids is 1. The van der Waals surface area contributed by atoms with Gasteiger partial charge in [0, 0.05) is 25.4 Å². The van der Waals surface area contributed by atoms with E-state index in [0.717, 1.165) is 12.8 Å². The average Bonchev–Trinajstić information content (AvgIpc) is 2.20. The van der Waals surface area contributed by atoms with Gasteiger partial charge in [0.2, 0.25) is 5.91 Å². The summed E-state index contributed by atoms with van der Waals surface area (Å²) in [6, 6.07) is 0.151. The van der Waals surface area contributed by atoms with Gasteiger partial charge in [0.05, 0.1) is 0 Å². The molecule has 4 nitrogen and oxygen atoms in total. The van der Waals surface area contributed by atoms with Crippen LogP contribution in [-0.2, 0) is 9.59 Å². The van der Waals surface area contributed by atoms with Crippen molar-refractivity contribution in [1.29, 1.82) is 0 Å². The zero-order valence-electron chi connectivity index (χ0n) is 10.5. The monoisotopic (exact) mass is 229 g/mol. The normalized spacial score (nSPS) is 10.5. The molecule has 16 heavy (non-hydrogen) atoms. The lowest BCUT2D eigenvalue weighted by atomic mass is 10.2. The summed E-state index contributed by atoms with van der Waals surface area (Å²) in [6.07, 6.45) is 3.14.